The van der Waals surface area contributed by atoms with Crippen molar-refractivity contribution in [1.82, 2.24) is 10.2 Å². The van der Waals surface area contributed by atoms with E-state index in [0.29, 0.717) is 5.92 Å². The van der Waals surface area contributed by atoms with Crippen LogP contribution in [0.3, 0.4) is 0 Å². The maximum Gasteiger partial charge on any atom is 0.225 e. The van der Waals surface area contributed by atoms with Crippen molar-refractivity contribution in [3.63, 3.8) is 0 Å². The molecule has 1 aliphatic heterocycles. The van der Waals surface area contributed by atoms with Crippen molar-refractivity contribution in [3.05, 3.63) is 0 Å². The second-order valence-corrected chi connectivity index (χ2v) is 7.50. The number of unbranched alkanes of at least 4 members (excludes halogenated alkanes) is 1. The topological polar surface area (TPSA) is 52.6 Å². The van der Waals surface area contributed by atoms with Gasteiger partial charge in [-0.2, -0.15) is 0 Å². The van der Waals surface area contributed by atoms with Crippen molar-refractivity contribution in [2.75, 3.05) is 26.2 Å². The van der Waals surface area contributed by atoms with E-state index in [0.717, 1.165) is 38.9 Å². The van der Waals surface area contributed by atoms with Gasteiger partial charge in [-0.3, -0.25) is 4.79 Å². The third-order valence-corrected chi connectivity index (χ3v) is 4.23. The highest BCUT2D eigenvalue weighted by molar-refractivity contribution is 5.81. The molecule has 1 aliphatic rings. The van der Waals surface area contributed by atoms with Gasteiger partial charge >= 0.3 is 0 Å². The third-order valence-electron chi connectivity index (χ3n) is 4.23. The van der Waals surface area contributed by atoms with E-state index in [1.54, 1.807) is 0 Å². The lowest BCUT2D eigenvalue weighted by Gasteiger charge is -2.39. The van der Waals surface area contributed by atoms with E-state index in [1.165, 1.54) is 12.8 Å². The molecule has 1 amide bonds. The van der Waals surface area contributed by atoms with Crippen LogP contribution in [0.2, 0.25) is 0 Å². The molecule has 0 aromatic heterocycles. The van der Waals surface area contributed by atoms with Crippen LogP contribution >= 0.6 is 0 Å². The molecule has 1 fully saturated rings. The van der Waals surface area contributed by atoms with Gasteiger partial charge < -0.3 is 15.3 Å². The lowest BCUT2D eigenvalue weighted by molar-refractivity contribution is -0.129. The third kappa shape index (κ3) is 6.79. The molecule has 0 aliphatic carbocycles. The van der Waals surface area contributed by atoms with Gasteiger partial charge in [-0.25, -0.2) is 0 Å². The molecule has 124 valence electrons. The lowest BCUT2D eigenvalue weighted by atomic mass is 9.88. The van der Waals surface area contributed by atoms with E-state index >= 15 is 0 Å². The molecule has 0 aromatic rings. The van der Waals surface area contributed by atoms with E-state index in [9.17, 15) is 4.79 Å². The molecule has 0 spiro atoms. The summed E-state index contributed by atoms with van der Waals surface area (Å²) in [5.74, 6) is 0.735. The van der Waals surface area contributed by atoms with Crippen molar-refractivity contribution >= 4 is 5.91 Å². The Hall–Kier alpha value is -0.610. The van der Waals surface area contributed by atoms with Crippen LogP contribution in [0.25, 0.3) is 0 Å². The molecule has 4 heteroatoms. The normalized spacial score (nSPS) is 24.0. The second-order valence-electron chi connectivity index (χ2n) is 7.50. The Morgan fingerprint density at radius 1 is 1.29 bits per heavy atom. The van der Waals surface area contributed by atoms with E-state index in [1.807, 2.05) is 20.8 Å². The Labute approximate surface area is 130 Å². The number of hydrogen-bond acceptors (Lipinski definition) is 3. The highest BCUT2D eigenvalue weighted by Crippen LogP contribution is 2.23. The Balaban J connectivity index is 2.57. The molecule has 1 heterocycles. The first-order valence-electron chi connectivity index (χ1n) is 8.51. The fourth-order valence-electron chi connectivity index (χ4n) is 2.96. The Morgan fingerprint density at radius 3 is 2.57 bits per heavy atom. The van der Waals surface area contributed by atoms with E-state index in [4.69, 9.17) is 5.11 Å². The quantitative estimate of drug-likeness (QED) is 0.759. The van der Waals surface area contributed by atoms with Crippen molar-refractivity contribution < 1.29 is 9.90 Å². The number of aliphatic hydroxyl groups excluding tert-OH is 1. The molecular formula is C17H34N2O2. The molecule has 1 rings (SSSR count). The monoisotopic (exact) mass is 298 g/mol. The summed E-state index contributed by atoms with van der Waals surface area (Å²) in [4.78, 5) is 14.7. The van der Waals surface area contributed by atoms with Crippen LogP contribution in [0.1, 0.15) is 59.8 Å². The summed E-state index contributed by atoms with van der Waals surface area (Å²) < 4.78 is 0. The zero-order valence-corrected chi connectivity index (χ0v) is 14.3. The number of carbonyl (C=O) groups excluding carboxylic acids is 1. The number of hydrogen-bond donors (Lipinski definition) is 2. The Morgan fingerprint density at radius 2 is 2.00 bits per heavy atom. The number of aliphatic hydroxyl groups is 1. The molecule has 2 unspecified atom stereocenters. The largest absolute Gasteiger partial charge is 0.396 e. The SMILES string of the molecule is CCCCN1CC(CCCO)CC(NC(=O)C(C)(C)C)C1. The van der Waals surface area contributed by atoms with E-state index in [2.05, 4.69) is 17.1 Å². The Bertz CT molecular complexity index is 296. The van der Waals surface area contributed by atoms with Gasteiger partial charge in [0.1, 0.15) is 0 Å². The van der Waals surface area contributed by atoms with E-state index < -0.39 is 0 Å². The molecule has 21 heavy (non-hydrogen) atoms. The standard InChI is InChI=1S/C17H34N2O2/c1-5-6-9-19-12-14(8-7-10-20)11-15(13-19)18-16(21)17(2,3)4/h14-15,20H,5-13H2,1-4H3,(H,18,21). The minimum absolute atomic E-state index is 0.144. The summed E-state index contributed by atoms with van der Waals surface area (Å²) >= 11 is 0. The fourth-order valence-corrected chi connectivity index (χ4v) is 2.96. The molecule has 2 atom stereocenters. The molecule has 0 aromatic carbocycles. The van der Waals surface area contributed by atoms with Crippen LogP contribution in [-0.4, -0.2) is 48.2 Å². The number of likely N-dealkylation sites (tertiary alicyclic amines) is 1. The first-order valence-corrected chi connectivity index (χ1v) is 8.51. The average molecular weight is 298 g/mol. The highest BCUT2D eigenvalue weighted by Gasteiger charge is 2.30. The van der Waals surface area contributed by atoms with Gasteiger partial charge in [0.25, 0.3) is 0 Å². The summed E-state index contributed by atoms with van der Waals surface area (Å²) in [7, 11) is 0. The molecule has 0 radical (unpaired) electrons. The van der Waals surface area contributed by atoms with Crippen molar-refractivity contribution in [2.45, 2.75) is 65.8 Å². The van der Waals surface area contributed by atoms with Gasteiger partial charge in [-0.05, 0) is 38.1 Å². The fraction of sp³-hybridized carbons (Fsp3) is 0.941. The number of rotatable bonds is 7. The van der Waals surface area contributed by atoms with Crippen molar-refractivity contribution in [1.29, 1.82) is 0 Å². The van der Waals surface area contributed by atoms with Gasteiger partial charge in [-0.15, -0.1) is 0 Å². The first kappa shape index (κ1) is 18.4. The van der Waals surface area contributed by atoms with Crippen LogP contribution in [-0.2, 0) is 4.79 Å². The summed E-state index contributed by atoms with van der Waals surface area (Å²) in [6.07, 6.45) is 5.39. The smallest absolute Gasteiger partial charge is 0.225 e. The maximum atomic E-state index is 12.2. The van der Waals surface area contributed by atoms with Crippen molar-refractivity contribution in [2.24, 2.45) is 11.3 Å². The zero-order valence-electron chi connectivity index (χ0n) is 14.3. The van der Waals surface area contributed by atoms with Crippen LogP contribution in [0, 0.1) is 11.3 Å². The zero-order chi connectivity index (χ0) is 15.9. The highest BCUT2D eigenvalue weighted by atomic mass is 16.2. The molecule has 4 nitrogen and oxygen atoms in total. The van der Waals surface area contributed by atoms with Gasteiger partial charge in [0.05, 0.1) is 0 Å². The second kappa shape index (κ2) is 8.74. The van der Waals surface area contributed by atoms with Crippen LogP contribution in [0.4, 0.5) is 0 Å². The number of nitrogens with zero attached hydrogens (tertiary/aromatic N) is 1. The number of carbonyl (C=O) groups is 1. The van der Waals surface area contributed by atoms with Crippen LogP contribution < -0.4 is 5.32 Å². The van der Waals surface area contributed by atoms with Gasteiger partial charge in [0.2, 0.25) is 5.91 Å². The lowest BCUT2D eigenvalue weighted by Crippen LogP contribution is -2.53. The van der Waals surface area contributed by atoms with Gasteiger partial charge in [-0.1, -0.05) is 34.1 Å². The number of nitrogens with one attached hydrogen (secondary N) is 1. The van der Waals surface area contributed by atoms with Crippen LogP contribution in [0.15, 0.2) is 0 Å². The predicted molar refractivity (Wildman–Crippen MR) is 87.2 cm³/mol. The number of amides is 1. The Kier molecular flexibility index (Phi) is 7.67. The molecule has 1 saturated heterocycles. The predicted octanol–water partition coefficient (Wildman–Crippen LogP) is 2.41. The molecule has 0 bridgehead atoms. The molecule has 0 saturated carbocycles. The molecular weight excluding hydrogens is 264 g/mol. The molecule has 2 N–H and O–H groups in total. The number of piperidine rings is 1. The van der Waals surface area contributed by atoms with Crippen molar-refractivity contribution in [3.8, 4) is 0 Å². The van der Waals surface area contributed by atoms with Gasteiger partial charge in [0.15, 0.2) is 0 Å². The average Bonchev–Trinajstić information content (AvgIpc) is 2.41. The summed E-state index contributed by atoms with van der Waals surface area (Å²) in [5, 5.41) is 12.3. The maximum absolute atomic E-state index is 12.2. The minimum Gasteiger partial charge on any atom is -0.396 e. The van der Waals surface area contributed by atoms with Crippen LogP contribution in [0.5, 0.6) is 0 Å². The summed E-state index contributed by atoms with van der Waals surface area (Å²) in [6.45, 7) is 11.6. The first-order chi connectivity index (χ1) is 9.86. The summed E-state index contributed by atoms with van der Waals surface area (Å²) in [5.41, 5.74) is -0.327. The summed E-state index contributed by atoms with van der Waals surface area (Å²) in [6, 6.07) is 0.256. The van der Waals surface area contributed by atoms with E-state index in [-0.39, 0.29) is 24.0 Å². The van der Waals surface area contributed by atoms with Gasteiger partial charge in [0, 0.05) is 31.2 Å². The minimum atomic E-state index is -0.327.